The number of phenolic OH excluding ortho intramolecular Hbond substituents is 1. The summed E-state index contributed by atoms with van der Waals surface area (Å²) in [5.41, 5.74) is -1.47. The van der Waals surface area contributed by atoms with E-state index in [-0.39, 0.29) is 30.3 Å². The van der Waals surface area contributed by atoms with Gasteiger partial charge in [-0.15, -0.1) is 0 Å². The standard InChI is InChI=1S/C20H20ClNO6/c1-3-26-18(24)20(19(25)27-4-2)17(13-11-12(21)9-10-15(13)23)22-14-7-5-6-8-16(14)28-20/h5-11,17,22-23H,3-4H2,1-2H3. The predicted molar refractivity (Wildman–Crippen MR) is 103 cm³/mol. The van der Waals surface area contributed by atoms with Gasteiger partial charge in [0.1, 0.15) is 17.5 Å². The molecule has 2 aromatic rings. The Kier molecular flexibility index (Phi) is 5.65. The number of rotatable bonds is 5. The number of esters is 2. The molecular formula is C20H20ClNO6. The van der Waals surface area contributed by atoms with Gasteiger partial charge in [-0.3, -0.25) is 0 Å². The molecule has 0 bridgehead atoms. The lowest BCUT2D eigenvalue weighted by Gasteiger charge is -2.41. The molecule has 2 aromatic carbocycles. The summed E-state index contributed by atoms with van der Waals surface area (Å²) in [5.74, 6) is -1.75. The van der Waals surface area contributed by atoms with E-state index >= 15 is 0 Å². The van der Waals surface area contributed by atoms with Gasteiger partial charge in [-0.05, 0) is 44.2 Å². The van der Waals surface area contributed by atoms with Crippen molar-refractivity contribution >= 4 is 29.2 Å². The van der Waals surface area contributed by atoms with Gasteiger partial charge in [-0.25, -0.2) is 9.59 Å². The Morgan fingerprint density at radius 1 is 1.14 bits per heavy atom. The van der Waals surface area contributed by atoms with Gasteiger partial charge < -0.3 is 24.6 Å². The zero-order valence-corrected chi connectivity index (χ0v) is 16.2. The van der Waals surface area contributed by atoms with Crippen LogP contribution in [0.4, 0.5) is 5.69 Å². The van der Waals surface area contributed by atoms with Crippen LogP contribution in [0.2, 0.25) is 5.02 Å². The quantitative estimate of drug-likeness (QED) is 0.581. The van der Waals surface area contributed by atoms with E-state index in [1.165, 1.54) is 18.2 Å². The summed E-state index contributed by atoms with van der Waals surface area (Å²) in [7, 11) is 0. The summed E-state index contributed by atoms with van der Waals surface area (Å²) < 4.78 is 16.3. The van der Waals surface area contributed by atoms with Crippen LogP contribution in [0, 0.1) is 0 Å². The van der Waals surface area contributed by atoms with Gasteiger partial charge in [0.25, 0.3) is 0 Å². The normalized spacial score (nSPS) is 16.9. The van der Waals surface area contributed by atoms with Crippen LogP contribution in [0.25, 0.3) is 0 Å². The van der Waals surface area contributed by atoms with Gasteiger partial charge >= 0.3 is 17.5 Å². The molecule has 2 N–H and O–H groups in total. The molecule has 1 aliphatic heterocycles. The summed E-state index contributed by atoms with van der Waals surface area (Å²) >= 11 is 6.10. The molecule has 0 saturated heterocycles. The van der Waals surface area contributed by atoms with Crippen molar-refractivity contribution in [3.63, 3.8) is 0 Å². The number of ether oxygens (including phenoxy) is 3. The molecule has 1 heterocycles. The van der Waals surface area contributed by atoms with Gasteiger partial charge in [-0.2, -0.15) is 0 Å². The smallest absolute Gasteiger partial charge is 0.365 e. The van der Waals surface area contributed by atoms with E-state index in [9.17, 15) is 14.7 Å². The first kappa shape index (κ1) is 19.8. The molecule has 7 nitrogen and oxygen atoms in total. The maximum absolute atomic E-state index is 13.0. The fourth-order valence-electron chi connectivity index (χ4n) is 3.10. The summed E-state index contributed by atoms with van der Waals surface area (Å²) in [6.07, 6.45) is 0. The lowest BCUT2D eigenvalue weighted by atomic mass is 9.85. The summed E-state index contributed by atoms with van der Waals surface area (Å²) in [4.78, 5) is 26.0. The Morgan fingerprint density at radius 3 is 2.43 bits per heavy atom. The largest absolute Gasteiger partial charge is 0.508 e. The molecule has 28 heavy (non-hydrogen) atoms. The molecule has 0 saturated carbocycles. The van der Waals surface area contributed by atoms with Crippen molar-refractivity contribution in [3.05, 3.63) is 53.1 Å². The highest BCUT2D eigenvalue weighted by Crippen LogP contribution is 2.46. The van der Waals surface area contributed by atoms with E-state index in [1.54, 1.807) is 38.1 Å². The molecule has 1 atom stereocenters. The monoisotopic (exact) mass is 405 g/mol. The number of anilines is 1. The molecule has 0 aromatic heterocycles. The number of carbonyl (C=O) groups is 2. The number of aromatic hydroxyl groups is 1. The number of nitrogens with one attached hydrogen (secondary N) is 1. The Morgan fingerprint density at radius 2 is 1.79 bits per heavy atom. The van der Waals surface area contributed by atoms with Crippen molar-refractivity contribution in [3.8, 4) is 11.5 Å². The van der Waals surface area contributed by atoms with E-state index in [1.807, 2.05) is 0 Å². The van der Waals surface area contributed by atoms with Crippen LogP contribution in [0.15, 0.2) is 42.5 Å². The highest BCUT2D eigenvalue weighted by Gasteiger charge is 2.61. The second kappa shape index (κ2) is 7.98. The van der Waals surface area contributed by atoms with Crippen molar-refractivity contribution in [2.75, 3.05) is 18.5 Å². The third-order valence-electron chi connectivity index (χ3n) is 4.32. The number of phenols is 1. The number of hydrogen-bond acceptors (Lipinski definition) is 7. The van der Waals surface area contributed by atoms with Crippen molar-refractivity contribution in [1.82, 2.24) is 0 Å². The summed E-state index contributed by atoms with van der Waals surface area (Å²) in [6.45, 7) is 3.29. The predicted octanol–water partition coefficient (Wildman–Crippen LogP) is 3.46. The zero-order chi connectivity index (χ0) is 20.3. The van der Waals surface area contributed by atoms with Crippen LogP contribution in [-0.4, -0.2) is 35.9 Å². The number of para-hydroxylation sites is 2. The summed E-state index contributed by atoms with van der Waals surface area (Å²) in [5, 5.41) is 13.9. The van der Waals surface area contributed by atoms with Gasteiger partial charge in [0.05, 0.1) is 18.9 Å². The highest BCUT2D eigenvalue weighted by molar-refractivity contribution is 6.30. The lowest BCUT2D eigenvalue weighted by Crippen LogP contribution is -2.61. The first-order valence-corrected chi connectivity index (χ1v) is 9.19. The topological polar surface area (TPSA) is 94.1 Å². The molecule has 0 radical (unpaired) electrons. The number of hydrogen-bond donors (Lipinski definition) is 2. The van der Waals surface area contributed by atoms with Gasteiger partial charge in [0, 0.05) is 10.6 Å². The molecule has 0 spiro atoms. The summed E-state index contributed by atoms with van der Waals surface area (Å²) in [6, 6.07) is 10.0. The number of carbonyl (C=O) groups excluding carboxylic acids is 2. The van der Waals surface area contributed by atoms with Crippen molar-refractivity contribution in [2.45, 2.75) is 25.5 Å². The molecule has 3 rings (SSSR count). The minimum Gasteiger partial charge on any atom is -0.508 e. The van der Waals surface area contributed by atoms with E-state index in [4.69, 9.17) is 25.8 Å². The molecule has 1 unspecified atom stereocenters. The molecule has 0 aliphatic carbocycles. The Bertz CT molecular complexity index is 882. The first-order valence-electron chi connectivity index (χ1n) is 8.81. The van der Waals surface area contributed by atoms with E-state index in [0.29, 0.717) is 10.7 Å². The Hall–Kier alpha value is -2.93. The van der Waals surface area contributed by atoms with Crippen LogP contribution in [0.5, 0.6) is 11.5 Å². The van der Waals surface area contributed by atoms with E-state index in [2.05, 4.69) is 5.32 Å². The number of benzene rings is 2. The maximum Gasteiger partial charge on any atom is 0.365 e. The second-order valence-corrected chi connectivity index (χ2v) is 6.49. The average molecular weight is 406 g/mol. The van der Waals surface area contributed by atoms with Crippen LogP contribution in [0.3, 0.4) is 0 Å². The third-order valence-corrected chi connectivity index (χ3v) is 4.56. The third kappa shape index (κ3) is 3.33. The molecule has 0 amide bonds. The molecule has 8 heteroatoms. The fraction of sp³-hybridized carbons (Fsp3) is 0.300. The number of halogens is 1. The lowest BCUT2D eigenvalue weighted by molar-refractivity contribution is -0.182. The molecular weight excluding hydrogens is 386 g/mol. The Labute approximate surface area is 167 Å². The van der Waals surface area contributed by atoms with Gasteiger partial charge in [-0.1, -0.05) is 23.7 Å². The molecule has 1 aliphatic rings. The SMILES string of the molecule is CCOC(=O)C1(C(=O)OCC)Oc2ccccc2NC1c1cc(Cl)ccc1O. The number of fused-ring (bicyclic) bond motifs is 1. The van der Waals surface area contributed by atoms with E-state index < -0.39 is 23.6 Å². The van der Waals surface area contributed by atoms with Crippen molar-refractivity contribution < 1.29 is 28.9 Å². The van der Waals surface area contributed by atoms with Gasteiger partial charge in [0.2, 0.25) is 0 Å². The van der Waals surface area contributed by atoms with Crippen molar-refractivity contribution in [2.24, 2.45) is 0 Å². The van der Waals surface area contributed by atoms with Crippen LogP contribution in [-0.2, 0) is 19.1 Å². The zero-order valence-electron chi connectivity index (χ0n) is 15.4. The molecule has 0 fully saturated rings. The van der Waals surface area contributed by atoms with Gasteiger partial charge in [0.15, 0.2) is 0 Å². The van der Waals surface area contributed by atoms with Crippen LogP contribution < -0.4 is 10.1 Å². The van der Waals surface area contributed by atoms with E-state index in [0.717, 1.165) is 0 Å². The second-order valence-electron chi connectivity index (χ2n) is 6.06. The maximum atomic E-state index is 13.0. The Balaban J connectivity index is 2.25. The highest BCUT2D eigenvalue weighted by atomic mass is 35.5. The molecule has 148 valence electrons. The fourth-order valence-corrected chi connectivity index (χ4v) is 3.28. The van der Waals surface area contributed by atoms with Crippen LogP contribution >= 0.6 is 11.6 Å². The van der Waals surface area contributed by atoms with Crippen LogP contribution in [0.1, 0.15) is 25.5 Å². The minimum absolute atomic E-state index is 0.0270. The van der Waals surface area contributed by atoms with Crippen molar-refractivity contribution in [1.29, 1.82) is 0 Å². The first-order chi connectivity index (χ1) is 13.4. The average Bonchev–Trinajstić information content (AvgIpc) is 2.69. The minimum atomic E-state index is -2.21.